The molecule has 1 fully saturated rings. The highest BCUT2D eigenvalue weighted by Crippen LogP contribution is 2.37. The number of rotatable bonds is 6. The molecule has 1 saturated carbocycles. The van der Waals surface area contributed by atoms with Gasteiger partial charge in [0.2, 0.25) is 5.91 Å². The van der Waals surface area contributed by atoms with E-state index in [-0.39, 0.29) is 23.8 Å². The van der Waals surface area contributed by atoms with Gasteiger partial charge in [-0.05, 0) is 49.8 Å². The van der Waals surface area contributed by atoms with Crippen molar-refractivity contribution in [1.82, 2.24) is 5.32 Å². The van der Waals surface area contributed by atoms with Crippen LogP contribution >= 0.6 is 0 Å². The third-order valence-corrected chi connectivity index (χ3v) is 3.99. The molecule has 0 saturated heterocycles. The fraction of sp³-hybridized carbons (Fsp3) is 0.562. The Balaban J connectivity index is 2.00. The normalized spacial score (nSPS) is 18.1. The van der Waals surface area contributed by atoms with Gasteiger partial charge in [-0.15, -0.1) is 0 Å². The van der Waals surface area contributed by atoms with Gasteiger partial charge in [0.05, 0.1) is 6.04 Å². The van der Waals surface area contributed by atoms with E-state index in [1.165, 1.54) is 18.6 Å². The van der Waals surface area contributed by atoms with E-state index in [0.29, 0.717) is 18.8 Å². The lowest BCUT2D eigenvalue weighted by molar-refractivity contribution is -0.122. The Labute approximate surface area is 119 Å². The highest BCUT2D eigenvalue weighted by molar-refractivity contribution is 5.76. The molecule has 3 N–H and O–H groups in total. The number of hydrogen-bond donors (Lipinski definition) is 2. The van der Waals surface area contributed by atoms with Gasteiger partial charge in [-0.1, -0.05) is 18.6 Å². The molecule has 1 aliphatic carbocycles. The summed E-state index contributed by atoms with van der Waals surface area (Å²) in [6.45, 7) is 1.90. The SMILES string of the molecule is CC(N)CCC(=O)NC(c1ccc(F)cc1)C1CCC1. The molecule has 1 aromatic rings. The van der Waals surface area contributed by atoms with E-state index < -0.39 is 0 Å². The summed E-state index contributed by atoms with van der Waals surface area (Å²) in [4.78, 5) is 12.0. The Kier molecular flexibility index (Phi) is 5.12. The van der Waals surface area contributed by atoms with E-state index in [1.807, 2.05) is 6.92 Å². The first kappa shape index (κ1) is 15.0. The lowest BCUT2D eigenvalue weighted by atomic mass is 9.77. The first-order chi connectivity index (χ1) is 9.56. The molecule has 0 aliphatic heterocycles. The van der Waals surface area contributed by atoms with Crippen molar-refractivity contribution in [3.8, 4) is 0 Å². The Morgan fingerprint density at radius 1 is 1.40 bits per heavy atom. The number of amides is 1. The summed E-state index contributed by atoms with van der Waals surface area (Å²) < 4.78 is 13.0. The molecule has 3 nitrogen and oxygen atoms in total. The molecule has 2 atom stereocenters. The van der Waals surface area contributed by atoms with E-state index in [9.17, 15) is 9.18 Å². The van der Waals surface area contributed by atoms with Gasteiger partial charge < -0.3 is 11.1 Å². The topological polar surface area (TPSA) is 55.1 Å². The van der Waals surface area contributed by atoms with E-state index in [0.717, 1.165) is 18.4 Å². The van der Waals surface area contributed by atoms with Crippen LogP contribution in [0.25, 0.3) is 0 Å². The number of carbonyl (C=O) groups excluding carboxylic acids is 1. The van der Waals surface area contributed by atoms with Gasteiger partial charge in [-0.2, -0.15) is 0 Å². The summed E-state index contributed by atoms with van der Waals surface area (Å²) in [5.41, 5.74) is 6.67. The molecule has 1 aromatic carbocycles. The van der Waals surface area contributed by atoms with Crippen LogP contribution in [0, 0.1) is 11.7 Å². The molecular weight excluding hydrogens is 255 g/mol. The molecule has 1 aliphatic rings. The standard InChI is InChI=1S/C16H23FN2O/c1-11(18)5-10-15(20)19-16(12-3-2-4-12)13-6-8-14(17)9-7-13/h6-9,11-12,16H,2-5,10,18H2,1H3,(H,19,20). The van der Waals surface area contributed by atoms with Crippen LogP contribution in [0.2, 0.25) is 0 Å². The maximum Gasteiger partial charge on any atom is 0.220 e. The Bertz CT molecular complexity index is 440. The molecular formula is C16H23FN2O. The van der Waals surface area contributed by atoms with Crippen molar-refractivity contribution in [2.75, 3.05) is 0 Å². The number of hydrogen-bond acceptors (Lipinski definition) is 2. The summed E-state index contributed by atoms with van der Waals surface area (Å²) in [7, 11) is 0. The predicted octanol–water partition coefficient (Wildman–Crippen LogP) is 2.91. The quantitative estimate of drug-likeness (QED) is 0.840. The van der Waals surface area contributed by atoms with Crippen LogP contribution in [0.4, 0.5) is 4.39 Å². The van der Waals surface area contributed by atoms with Crippen LogP contribution in [0.1, 0.15) is 50.6 Å². The van der Waals surface area contributed by atoms with E-state index in [4.69, 9.17) is 5.73 Å². The number of nitrogens with one attached hydrogen (secondary N) is 1. The van der Waals surface area contributed by atoms with Crippen LogP contribution in [0.5, 0.6) is 0 Å². The zero-order chi connectivity index (χ0) is 14.5. The molecule has 4 heteroatoms. The minimum Gasteiger partial charge on any atom is -0.349 e. The van der Waals surface area contributed by atoms with Gasteiger partial charge in [0.25, 0.3) is 0 Å². The Hall–Kier alpha value is -1.42. The lowest BCUT2D eigenvalue weighted by Crippen LogP contribution is -2.36. The molecule has 2 unspecified atom stereocenters. The van der Waals surface area contributed by atoms with Crippen molar-refractivity contribution in [3.05, 3.63) is 35.6 Å². The highest BCUT2D eigenvalue weighted by atomic mass is 19.1. The van der Waals surface area contributed by atoms with Crippen LogP contribution in [-0.2, 0) is 4.79 Å². The van der Waals surface area contributed by atoms with Crippen molar-refractivity contribution in [2.45, 2.75) is 51.1 Å². The first-order valence-corrected chi connectivity index (χ1v) is 7.36. The number of halogens is 1. The average molecular weight is 278 g/mol. The molecule has 2 rings (SSSR count). The maximum absolute atomic E-state index is 13.0. The second-order valence-electron chi connectivity index (χ2n) is 5.80. The lowest BCUT2D eigenvalue weighted by Gasteiger charge is -2.34. The van der Waals surface area contributed by atoms with E-state index >= 15 is 0 Å². The van der Waals surface area contributed by atoms with Crippen LogP contribution in [0.3, 0.4) is 0 Å². The van der Waals surface area contributed by atoms with Crippen molar-refractivity contribution in [3.63, 3.8) is 0 Å². The highest BCUT2D eigenvalue weighted by Gasteiger charge is 2.29. The Morgan fingerprint density at radius 2 is 2.05 bits per heavy atom. The molecule has 0 aromatic heterocycles. The molecule has 1 amide bonds. The number of carbonyl (C=O) groups is 1. The second-order valence-corrected chi connectivity index (χ2v) is 5.80. The van der Waals surface area contributed by atoms with Gasteiger partial charge in [-0.25, -0.2) is 4.39 Å². The van der Waals surface area contributed by atoms with Crippen LogP contribution in [0.15, 0.2) is 24.3 Å². The third kappa shape index (κ3) is 4.04. The molecule has 0 bridgehead atoms. The van der Waals surface area contributed by atoms with Crippen molar-refractivity contribution < 1.29 is 9.18 Å². The summed E-state index contributed by atoms with van der Waals surface area (Å²) in [5.74, 6) is 0.257. The van der Waals surface area contributed by atoms with Gasteiger partial charge in [0.1, 0.15) is 5.82 Å². The van der Waals surface area contributed by atoms with Crippen molar-refractivity contribution in [1.29, 1.82) is 0 Å². The maximum atomic E-state index is 13.0. The van der Waals surface area contributed by atoms with Crippen LogP contribution < -0.4 is 11.1 Å². The zero-order valence-corrected chi connectivity index (χ0v) is 11.9. The van der Waals surface area contributed by atoms with Crippen molar-refractivity contribution >= 4 is 5.91 Å². The molecule has 0 spiro atoms. The summed E-state index contributed by atoms with van der Waals surface area (Å²) >= 11 is 0. The van der Waals surface area contributed by atoms with Crippen molar-refractivity contribution in [2.24, 2.45) is 11.7 Å². The number of nitrogens with two attached hydrogens (primary N) is 1. The molecule has 20 heavy (non-hydrogen) atoms. The average Bonchev–Trinajstić information content (AvgIpc) is 2.34. The van der Waals surface area contributed by atoms with E-state index in [2.05, 4.69) is 5.32 Å². The smallest absolute Gasteiger partial charge is 0.220 e. The summed E-state index contributed by atoms with van der Waals surface area (Å²) in [6, 6.07) is 6.48. The largest absolute Gasteiger partial charge is 0.349 e. The molecule has 0 radical (unpaired) electrons. The fourth-order valence-corrected chi connectivity index (χ4v) is 2.52. The summed E-state index contributed by atoms with van der Waals surface area (Å²) in [5, 5.41) is 3.09. The van der Waals surface area contributed by atoms with Gasteiger partial charge in [-0.3, -0.25) is 4.79 Å². The number of benzene rings is 1. The predicted molar refractivity (Wildman–Crippen MR) is 77.5 cm³/mol. The van der Waals surface area contributed by atoms with E-state index in [1.54, 1.807) is 12.1 Å². The molecule has 110 valence electrons. The first-order valence-electron chi connectivity index (χ1n) is 7.36. The van der Waals surface area contributed by atoms with Crippen LogP contribution in [-0.4, -0.2) is 11.9 Å². The minimum atomic E-state index is -0.246. The zero-order valence-electron chi connectivity index (χ0n) is 11.9. The second kappa shape index (κ2) is 6.84. The Morgan fingerprint density at radius 3 is 2.55 bits per heavy atom. The summed E-state index contributed by atoms with van der Waals surface area (Å²) in [6.07, 6.45) is 4.58. The third-order valence-electron chi connectivity index (χ3n) is 3.99. The minimum absolute atomic E-state index is 0.00457. The molecule has 0 heterocycles. The monoisotopic (exact) mass is 278 g/mol. The van der Waals surface area contributed by atoms with Gasteiger partial charge in [0, 0.05) is 12.5 Å². The fourth-order valence-electron chi connectivity index (χ4n) is 2.52. The van der Waals surface area contributed by atoms with Gasteiger partial charge >= 0.3 is 0 Å². The van der Waals surface area contributed by atoms with Gasteiger partial charge in [0.15, 0.2) is 0 Å².